The molecule has 2 rings (SSSR count). The van der Waals surface area contributed by atoms with Crippen molar-refractivity contribution in [3.05, 3.63) is 35.9 Å². The monoisotopic (exact) mass is 407 g/mol. The van der Waals surface area contributed by atoms with E-state index in [1.165, 1.54) is 12.0 Å². The second kappa shape index (κ2) is 8.44. The van der Waals surface area contributed by atoms with Crippen LogP contribution in [-0.2, 0) is 23.5 Å². The Hall–Kier alpha value is -2.19. The molecule has 0 bridgehead atoms. The van der Waals surface area contributed by atoms with Gasteiger partial charge in [-0.15, -0.1) is 0 Å². The van der Waals surface area contributed by atoms with Crippen molar-refractivity contribution in [3.8, 4) is 0 Å². The van der Waals surface area contributed by atoms with Gasteiger partial charge in [0.25, 0.3) is 5.91 Å². The van der Waals surface area contributed by atoms with Gasteiger partial charge in [0.2, 0.25) is 6.10 Å². The van der Waals surface area contributed by atoms with Gasteiger partial charge in [-0.05, 0) is 30.3 Å². The summed E-state index contributed by atoms with van der Waals surface area (Å²) in [5.41, 5.74) is 0.354. The number of hydrogen-bond donors (Lipinski definition) is 0. The van der Waals surface area contributed by atoms with Crippen LogP contribution in [0.4, 0.5) is 0 Å². The molecule has 2 atom stereocenters. The minimum absolute atomic E-state index is 0.0835. The van der Waals surface area contributed by atoms with Gasteiger partial charge in [0.1, 0.15) is 12.6 Å². The lowest BCUT2D eigenvalue weighted by molar-refractivity contribution is -0.147. The van der Waals surface area contributed by atoms with Crippen molar-refractivity contribution in [3.63, 3.8) is 0 Å². The van der Waals surface area contributed by atoms with E-state index in [1.54, 1.807) is 30.3 Å². The Morgan fingerprint density at radius 3 is 2.32 bits per heavy atom. The number of nitrogens with zero attached hydrogens (tertiary/aromatic N) is 1. The summed E-state index contributed by atoms with van der Waals surface area (Å²) < 4.78 is 16.6. The molecule has 1 fully saturated rings. The maximum absolute atomic E-state index is 12.8. The fourth-order valence-electron chi connectivity index (χ4n) is 2.64. The molecule has 154 valence electrons. The van der Waals surface area contributed by atoms with Crippen LogP contribution in [0.25, 0.3) is 0 Å². The van der Waals surface area contributed by atoms with Crippen LogP contribution < -0.4 is 0 Å². The molecule has 0 saturated carbocycles. The number of benzene rings is 1. The van der Waals surface area contributed by atoms with Gasteiger partial charge in [-0.1, -0.05) is 39.0 Å². The maximum atomic E-state index is 12.8. The molecule has 0 aromatic heterocycles. The first-order chi connectivity index (χ1) is 13.0. The van der Waals surface area contributed by atoms with Crippen LogP contribution in [-0.4, -0.2) is 63.5 Å². The van der Waals surface area contributed by atoms with E-state index >= 15 is 0 Å². The van der Waals surface area contributed by atoms with Gasteiger partial charge in [0.15, 0.2) is 8.32 Å². The lowest BCUT2D eigenvalue weighted by atomic mass is 10.2. The predicted molar refractivity (Wildman–Crippen MR) is 106 cm³/mol. The number of amides is 1. The minimum atomic E-state index is -2.24. The summed E-state index contributed by atoms with van der Waals surface area (Å²) >= 11 is 0. The quantitative estimate of drug-likeness (QED) is 0.533. The van der Waals surface area contributed by atoms with E-state index in [4.69, 9.17) is 9.16 Å². The number of ether oxygens (including phenoxy) is 2. The molecule has 1 aromatic rings. The number of hydrogen-bond acceptors (Lipinski definition) is 6. The topological polar surface area (TPSA) is 82.1 Å². The Balaban J connectivity index is 2.24. The molecule has 1 aromatic carbocycles. The Kier molecular flexibility index (Phi) is 6.66. The van der Waals surface area contributed by atoms with Crippen molar-refractivity contribution in [2.75, 3.05) is 20.2 Å². The number of esters is 2. The van der Waals surface area contributed by atoms with Crippen LogP contribution in [0.2, 0.25) is 18.1 Å². The van der Waals surface area contributed by atoms with Crippen LogP contribution in [0, 0.1) is 0 Å². The van der Waals surface area contributed by atoms with Gasteiger partial charge in [-0.3, -0.25) is 9.59 Å². The van der Waals surface area contributed by atoms with Gasteiger partial charge in [0, 0.05) is 0 Å². The lowest BCUT2D eigenvalue weighted by Gasteiger charge is -2.39. The standard InChI is InChI=1S/C20H29NO6Si/c1-20(2,3)28(5,6)27-15-12-21(13-16(22)25-4)18(23)17(15)26-19(24)14-10-8-7-9-11-14/h7-11,15,17H,12-13H2,1-6H3/t15-,17+/m0/s1. The highest BCUT2D eigenvalue weighted by atomic mass is 28.4. The van der Waals surface area contributed by atoms with Crippen LogP contribution in [0.3, 0.4) is 0 Å². The molecule has 0 radical (unpaired) electrons. The van der Waals surface area contributed by atoms with Crippen molar-refractivity contribution in [2.45, 2.75) is 51.1 Å². The van der Waals surface area contributed by atoms with Crippen LogP contribution >= 0.6 is 0 Å². The van der Waals surface area contributed by atoms with Crippen molar-refractivity contribution in [1.29, 1.82) is 0 Å². The molecule has 1 amide bonds. The summed E-state index contributed by atoms with van der Waals surface area (Å²) in [5.74, 6) is -1.57. The number of rotatable bonds is 6. The van der Waals surface area contributed by atoms with Gasteiger partial charge >= 0.3 is 11.9 Å². The van der Waals surface area contributed by atoms with E-state index in [0.29, 0.717) is 5.56 Å². The van der Waals surface area contributed by atoms with E-state index < -0.39 is 38.4 Å². The summed E-state index contributed by atoms with van der Waals surface area (Å²) in [4.78, 5) is 38.3. The first-order valence-corrected chi connectivity index (χ1v) is 12.2. The highest BCUT2D eigenvalue weighted by Crippen LogP contribution is 2.38. The molecule has 7 nitrogen and oxygen atoms in total. The van der Waals surface area contributed by atoms with Gasteiger partial charge in [-0.25, -0.2) is 4.79 Å². The number of carbonyl (C=O) groups is 3. The zero-order chi connectivity index (χ0) is 21.1. The zero-order valence-corrected chi connectivity index (χ0v) is 18.4. The maximum Gasteiger partial charge on any atom is 0.339 e. The molecular weight excluding hydrogens is 378 g/mol. The molecular formula is C20H29NO6Si. The third-order valence-corrected chi connectivity index (χ3v) is 9.84. The summed E-state index contributed by atoms with van der Waals surface area (Å²) in [6, 6.07) is 8.48. The van der Waals surface area contributed by atoms with E-state index in [2.05, 4.69) is 38.6 Å². The predicted octanol–water partition coefficient (Wildman–Crippen LogP) is 2.62. The van der Waals surface area contributed by atoms with Crippen LogP contribution in [0.1, 0.15) is 31.1 Å². The smallest absolute Gasteiger partial charge is 0.339 e. The number of methoxy groups -OCH3 is 1. The van der Waals surface area contributed by atoms with Crippen LogP contribution in [0.15, 0.2) is 30.3 Å². The molecule has 1 saturated heterocycles. The SMILES string of the molecule is COC(=O)CN1C[C@H](O[Si](C)(C)C(C)(C)C)[C@@H](OC(=O)c2ccccc2)C1=O. The highest BCUT2D eigenvalue weighted by Gasteiger charge is 2.49. The second-order valence-corrected chi connectivity index (χ2v) is 13.2. The number of carbonyl (C=O) groups excluding carboxylic acids is 3. The second-order valence-electron chi connectivity index (χ2n) is 8.40. The van der Waals surface area contributed by atoms with E-state index in [1.807, 2.05) is 0 Å². The summed E-state index contributed by atoms with van der Waals surface area (Å²) in [6.45, 7) is 10.4. The Morgan fingerprint density at radius 2 is 1.79 bits per heavy atom. The van der Waals surface area contributed by atoms with E-state index in [0.717, 1.165) is 0 Å². The summed E-state index contributed by atoms with van der Waals surface area (Å²) in [7, 11) is -0.973. The van der Waals surface area contributed by atoms with Gasteiger partial charge < -0.3 is 18.8 Å². The third-order valence-electron chi connectivity index (χ3n) is 5.34. The molecule has 1 aliphatic rings. The molecule has 1 aliphatic heterocycles. The fraction of sp³-hybridized carbons (Fsp3) is 0.550. The molecule has 1 heterocycles. The summed E-state index contributed by atoms with van der Waals surface area (Å²) in [5, 5.41) is -0.0835. The third kappa shape index (κ3) is 4.99. The van der Waals surface area contributed by atoms with Gasteiger partial charge in [-0.2, -0.15) is 0 Å². The van der Waals surface area contributed by atoms with Crippen molar-refractivity contribution < 1.29 is 28.3 Å². The molecule has 0 N–H and O–H groups in total. The van der Waals surface area contributed by atoms with Crippen molar-refractivity contribution in [1.82, 2.24) is 4.90 Å². The van der Waals surface area contributed by atoms with Gasteiger partial charge in [0.05, 0.1) is 19.2 Å². The highest BCUT2D eigenvalue weighted by molar-refractivity contribution is 6.74. The number of likely N-dealkylation sites (tertiary alicyclic amines) is 1. The largest absolute Gasteiger partial charge is 0.468 e. The molecule has 0 spiro atoms. The first kappa shape index (κ1) is 22.1. The first-order valence-electron chi connectivity index (χ1n) is 9.25. The molecule has 0 aliphatic carbocycles. The van der Waals surface area contributed by atoms with Crippen molar-refractivity contribution >= 4 is 26.2 Å². The lowest BCUT2D eigenvalue weighted by Crippen LogP contribution is -2.48. The Labute approximate surface area is 167 Å². The minimum Gasteiger partial charge on any atom is -0.468 e. The summed E-state index contributed by atoms with van der Waals surface area (Å²) in [6.07, 6.45) is -1.72. The fourth-order valence-corrected chi connectivity index (χ4v) is 3.95. The zero-order valence-electron chi connectivity index (χ0n) is 17.4. The molecule has 0 unspecified atom stereocenters. The normalized spacial score (nSPS) is 20.2. The Morgan fingerprint density at radius 1 is 1.18 bits per heavy atom. The van der Waals surface area contributed by atoms with Crippen LogP contribution in [0.5, 0.6) is 0 Å². The average molecular weight is 408 g/mol. The average Bonchev–Trinajstić information content (AvgIpc) is 2.89. The van der Waals surface area contributed by atoms with Crippen molar-refractivity contribution in [2.24, 2.45) is 0 Å². The van der Waals surface area contributed by atoms with E-state index in [-0.39, 0.29) is 18.1 Å². The molecule has 8 heteroatoms. The Bertz CT molecular complexity index is 728. The van der Waals surface area contributed by atoms with E-state index in [9.17, 15) is 14.4 Å². The molecule has 28 heavy (non-hydrogen) atoms.